The van der Waals surface area contributed by atoms with E-state index in [1.54, 1.807) is 24.1 Å². The van der Waals surface area contributed by atoms with Crippen LogP contribution in [0.5, 0.6) is 0 Å². The quantitative estimate of drug-likeness (QED) is 0.628. The van der Waals surface area contributed by atoms with Gasteiger partial charge >= 0.3 is 0 Å². The van der Waals surface area contributed by atoms with Gasteiger partial charge in [0.05, 0.1) is 18.4 Å². The van der Waals surface area contributed by atoms with Gasteiger partial charge < -0.3 is 9.80 Å². The van der Waals surface area contributed by atoms with Crippen molar-refractivity contribution in [3.63, 3.8) is 0 Å². The number of likely N-dealkylation sites (N-methyl/N-ethyl adjacent to an activating group) is 2. The summed E-state index contributed by atoms with van der Waals surface area (Å²) in [7, 11) is 3.67. The Morgan fingerprint density at radius 2 is 1.77 bits per heavy atom. The molecule has 0 unspecified atom stereocenters. The summed E-state index contributed by atoms with van der Waals surface area (Å²) in [4.78, 5) is 25.3. The predicted octanol–water partition coefficient (Wildman–Crippen LogP) is 3.39. The highest BCUT2D eigenvalue weighted by atomic mass is 19.1. The molecule has 0 saturated carbocycles. The van der Waals surface area contributed by atoms with Crippen LogP contribution >= 0.6 is 0 Å². The topological polar surface area (TPSA) is 67.2 Å². The van der Waals surface area contributed by atoms with Gasteiger partial charge in [0, 0.05) is 26.7 Å². The third-order valence-corrected chi connectivity index (χ3v) is 5.61. The fourth-order valence-electron chi connectivity index (χ4n) is 3.75. The van der Waals surface area contributed by atoms with Gasteiger partial charge in [-0.05, 0) is 43.5 Å². The molecule has 0 N–H and O–H groups in total. The second-order valence-corrected chi connectivity index (χ2v) is 7.75. The first kappa shape index (κ1) is 22.4. The number of nitrogens with zero attached hydrogens (tertiary/aromatic N) is 6. The van der Waals surface area contributed by atoms with E-state index in [9.17, 15) is 9.18 Å². The van der Waals surface area contributed by atoms with Crippen LogP contribution < -0.4 is 9.80 Å². The number of fused-ring (bicyclic) bond motifs is 1. The van der Waals surface area contributed by atoms with Gasteiger partial charge in [-0.15, -0.1) is 0 Å². The molecule has 0 aliphatic carbocycles. The number of halogens is 1. The summed E-state index contributed by atoms with van der Waals surface area (Å²) in [6.07, 6.45) is 5.27. The fourth-order valence-corrected chi connectivity index (χ4v) is 3.75. The molecule has 1 amide bonds. The number of anilines is 2. The summed E-state index contributed by atoms with van der Waals surface area (Å²) < 4.78 is 14.9. The molecule has 0 saturated heterocycles. The molecule has 0 spiro atoms. The van der Waals surface area contributed by atoms with Gasteiger partial charge in [-0.2, -0.15) is 5.10 Å². The van der Waals surface area contributed by atoms with Crippen molar-refractivity contribution in [3.05, 3.63) is 65.1 Å². The van der Waals surface area contributed by atoms with E-state index in [2.05, 4.69) is 10.1 Å². The van der Waals surface area contributed by atoms with Crippen molar-refractivity contribution in [1.29, 1.82) is 0 Å². The van der Waals surface area contributed by atoms with Gasteiger partial charge in [-0.25, -0.2) is 14.4 Å². The number of aryl methyl sites for hydroxylation is 3. The largest absolute Gasteiger partial charge is 0.346 e. The van der Waals surface area contributed by atoms with Crippen molar-refractivity contribution in [2.45, 2.75) is 46.7 Å². The van der Waals surface area contributed by atoms with Crippen LogP contribution in [0.15, 0.2) is 36.7 Å². The van der Waals surface area contributed by atoms with Crippen molar-refractivity contribution >= 4 is 17.4 Å². The summed E-state index contributed by atoms with van der Waals surface area (Å²) in [5, 5.41) is 4.40. The minimum absolute atomic E-state index is 0. The molecule has 0 bridgehead atoms. The van der Waals surface area contributed by atoms with Gasteiger partial charge in [0.2, 0.25) is 5.91 Å². The van der Waals surface area contributed by atoms with E-state index < -0.39 is 0 Å². The summed E-state index contributed by atoms with van der Waals surface area (Å²) in [5.74, 6) is 1.34. The zero-order chi connectivity index (χ0) is 21.4. The minimum atomic E-state index is -0.255. The zero-order valence-corrected chi connectivity index (χ0v) is 17.6. The molecule has 1 atom stereocenters. The maximum Gasteiger partial charge on any atom is 0.249 e. The molecule has 0 radical (unpaired) electrons. The van der Waals surface area contributed by atoms with Gasteiger partial charge in [-0.3, -0.25) is 9.48 Å². The van der Waals surface area contributed by atoms with Gasteiger partial charge in [0.1, 0.15) is 23.4 Å². The average molecular weight is 425 g/mol. The Bertz CT molecular complexity index is 1080. The smallest absolute Gasteiger partial charge is 0.249 e. The van der Waals surface area contributed by atoms with Crippen molar-refractivity contribution in [1.82, 2.24) is 19.7 Å². The maximum absolute atomic E-state index is 13.1. The molecule has 1 aliphatic rings. The first-order valence-electron chi connectivity index (χ1n) is 9.97. The Morgan fingerprint density at radius 1 is 1.06 bits per heavy atom. The molecule has 164 valence electrons. The predicted molar refractivity (Wildman–Crippen MR) is 120 cm³/mol. The van der Waals surface area contributed by atoms with E-state index in [1.807, 2.05) is 42.9 Å². The van der Waals surface area contributed by atoms with Crippen LogP contribution in [0.25, 0.3) is 0 Å². The normalized spacial score (nSPS) is 15.6. The minimum Gasteiger partial charge on any atom is -0.346 e. The van der Waals surface area contributed by atoms with E-state index in [-0.39, 0.29) is 25.2 Å². The van der Waals surface area contributed by atoms with Crippen LogP contribution in [0.3, 0.4) is 0 Å². The monoisotopic (exact) mass is 424 g/mol. The Morgan fingerprint density at radius 3 is 2.48 bits per heavy atom. The summed E-state index contributed by atoms with van der Waals surface area (Å²) in [6.45, 7) is 4.39. The van der Waals surface area contributed by atoms with Gasteiger partial charge in [-0.1, -0.05) is 19.6 Å². The molecular weight excluding hydrogens is 395 g/mol. The van der Waals surface area contributed by atoms with Gasteiger partial charge in [0.15, 0.2) is 5.82 Å². The van der Waals surface area contributed by atoms with E-state index in [0.717, 1.165) is 40.6 Å². The van der Waals surface area contributed by atoms with Crippen LogP contribution in [0, 0.1) is 12.7 Å². The Labute approximate surface area is 182 Å². The summed E-state index contributed by atoms with van der Waals surface area (Å²) >= 11 is 0. The molecular formula is C23H29FN6O. The van der Waals surface area contributed by atoms with E-state index in [0.29, 0.717) is 13.0 Å². The molecule has 1 aromatic carbocycles. The van der Waals surface area contributed by atoms with E-state index >= 15 is 0 Å². The molecule has 8 heteroatoms. The van der Waals surface area contributed by atoms with Crippen LogP contribution in [-0.4, -0.2) is 45.8 Å². The van der Waals surface area contributed by atoms with Crippen LogP contribution in [0.2, 0.25) is 0 Å². The molecule has 0 fully saturated rings. The zero-order valence-electron chi connectivity index (χ0n) is 17.6. The van der Waals surface area contributed by atoms with Crippen molar-refractivity contribution in [2.24, 2.45) is 0 Å². The molecule has 7 nitrogen and oxygen atoms in total. The van der Waals surface area contributed by atoms with Crippen molar-refractivity contribution < 1.29 is 9.18 Å². The lowest BCUT2D eigenvalue weighted by Gasteiger charge is -2.37. The highest BCUT2D eigenvalue weighted by Gasteiger charge is 2.34. The van der Waals surface area contributed by atoms with Gasteiger partial charge in [0.25, 0.3) is 0 Å². The Hall–Kier alpha value is -3.29. The standard InChI is InChI=1S/C22H25FN6O.CH4/c1-14-20-21(27(3)15(2)22(30)28(20)4)26-19(25-14)10-7-17-11-24-29(13-17)12-16-5-8-18(23)9-6-16;/h5-6,8-9,11,13,15H,7,10,12H2,1-4H3;1H4/t15-;/m1./s1. The summed E-state index contributed by atoms with van der Waals surface area (Å²) in [5.41, 5.74) is 3.66. The number of hydrogen-bond acceptors (Lipinski definition) is 5. The van der Waals surface area contributed by atoms with Crippen molar-refractivity contribution in [3.8, 4) is 0 Å². The average Bonchev–Trinajstić information content (AvgIpc) is 3.17. The van der Waals surface area contributed by atoms with Crippen molar-refractivity contribution in [2.75, 3.05) is 23.9 Å². The molecule has 3 aromatic rings. The lowest BCUT2D eigenvalue weighted by Crippen LogP contribution is -2.50. The maximum atomic E-state index is 13.1. The number of carbonyl (C=O) groups is 1. The first-order valence-corrected chi connectivity index (χ1v) is 9.97. The van der Waals surface area contributed by atoms with Crippen LogP contribution in [0.4, 0.5) is 15.9 Å². The third-order valence-electron chi connectivity index (χ3n) is 5.61. The number of benzene rings is 1. The summed E-state index contributed by atoms with van der Waals surface area (Å²) in [6, 6.07) is 6.19. The van der Waals surface area contributed by atoms with Crippen LogP contribution in [0.1, 0.15) is 37.0 Å². The number of hydrogen-bond donors (Lipinski definition) is 0. The Kier molecular flexibility index (Phi) is 6.38. The van der Waals surface area contributed by atoms with E-state index in [1.165, 1.54) is 12.1 Å². The molecule has 31 heavy (non-hydrogen) atoms. The highest BCUT2D eigenvalue weighted by Crippen LogP contribution is 2.34. The second-order valence-electron chi connectivity index (χ2n) is 7.75. The highest BCUT2D eigenvalue weighted by molar-refractivity contribution is 6.04. The lowest BCUT2D eigenvalue weighted by atomic mass is 10.1. The molecule has 3 heterocycles. The number of carbonyl (C=O) groups excluding carboxylic acids is 1. The van der Waals surface area contributed by atoms with E-state index in [4.69, 9.17) is 4.98 Å². The lowest BCUT2D eigenvalue weighted by molar-refractivity contribution is -0.119. The number of aromatic nitrogens is 4. The number of amides is 1. The second kappa shape index (κ2) is 8.83. The molecule has 2 aromatic heterocycles. The SMILES string of the molecule is C.Cc1nc(CCc2cnn(Cc3ccc(F)cc3)c2)nc2c1N(C)C(=O)[C@@H](C)N2C. The van der Waals surface area contributed by atoms with Crippen LogP contribution in [-0.2, 0) is 24.2 Å². The number of rotatable bonds is 5. The third kappa shape index (κ3) is 4.42. The molecule has 4 rings (SSSR count). The first-order chi connectivity index (χ1) is 14.3. The molecule has 1 aliphatic heterocycles. The fraction of sp³-hybridized carbons (Fsp3) is 0.391. The Balaban J connectivity index is 0.00000272.